The van der Waals surface area contributed by atoms with Crippen molar-refractivity contribution in [2.45, 2.75) is 6.54 Å². The van der Waals surface area contributed by atoms with Gasteiger partial charge < -0.3 is 5.11 Å². The number of nitrogens with one attached hydrogen (secondary N) is 1. The summed E-state index contributed by atoms with van der Waals surface area (Å²) in [6.45, 7) is 0.335. The maximum atomic E-state index is 11.5. The summed E-state index contributed by atoms with van der Waals surface area (Å²) in [6, 6.07) is 4.86. The van der Waals surface area contributed by atoms with Crippen LogP contribution >= 0.6 is 11.3 Å². The number of aromatic nitrogens is 2. The van der Waals surface area contributed by atoms with Crippen LogP contribution in [-0.4, -0.2) is 20.6 Å². The molecule has 0 aromatic carbocycles. The molecule has 6 nitrogen and oxygen atoms in total. The lowest BCUT2D eigenvalue weighted by atomic mass is 10.4. The van der Waals surface area contributed by atoms with Crippen molar-refractivity contribution in [2.75, 3.05) is 0 Å². The molecule has 0 fully saturated rings. The molecule has 2 heterocycles. The summed E-state index contributed by atoms with van der Waals surface area (Å²) in [6.07, 6.45) is 3.97. The molecule has 0 amide bonds. The number of carboxylic acids is 1. The SMILES string of the molecule is O=C(O)C=Cc1ccc(Cn2ccc(=O)[nH]c2=O)s1. The minimum Gasteiger partial charge on any atom is -0.478 e. The number of hydrogen-bond acceptors (Lipinski definition) is 4. The second-order valence-corrected chi connectivity index (χ2v) is 4.91. The smallest absolute Gasteiger partial charge is 0.328 e. The summed E-state index contributed by atoms with van der Waals surface area (Å²) >= 11 is 1.38. The average molecular weight is 278 g/mol. The summed E-state index contributed by atoms with van der Waals surface area (Å²) in [4.78, 5) is 36.6. The van der Waals surface area contributed by atoms with Crippen molar-refractivity contribution in [1.29, 1.82) is 0 Å². The Morgan fingerprint density at radius 2 is 2.16 bits per heavy atom. The van der Waals surface area contributed by atoms with E-state index in [-0.39, 0.29) is 0 Å². The van der Waals surface area contributed by atoms with Gasteiger partial charge in [-0.15, -0.1) is 11.3 Å². The molecule has 19 heavy (non-hydrogen) atoms. The van der Waals surface area contributed by atoms with Crippen LogP contribution in [0.3, 0.4) is 0 Å². The van der Waals surface area contributed by atoms with Crippen molar-refractivity contribution in [3.63, 3.8) is 0 Å². The monoisotopic (exact) mass is 278 g/mol. The number of H-pyrrole nitrogens is 1. The Morgan fingerprint density at radius 1 is 1.37 bits per heavy atom. The van der Waals surface area contributed by atoms with Gasteiger partial charge in [0.25, 0.3) is 5.56 Å². The molecule has 2 aromatic heterocycles. The van der Waals surface area contributed by atoms with Crippen LogP contribution in [-0.2, 0) is 11.3 Å². The van der Waals surface area contributed by atoms with Crippen molar-refractivity contribution < 1.29 is 9.90 Å². The second kappa shape index (κ2) is 5.49. The van der Waals surface area contributed by atoms with Gasteiger partial charge in [-0.3, -0.25) is 14.3 Å². The molecule has 0 saturated heterocycles. The largest absolute Gasteiger partial charge is 0.478 e. The minimum absolute atomic E-state index is 0.335. The van der Waals surface area contributed by atoms with E-state index < -0.39 is 17.2 Å². The predicted octanol–water partition coefficient (Wildman–Crippen LogP) is 0.744. The third kappa shape index (κ3) is 3.52. The van der Waals surface area contributed by atoms with Crippen LogP contribution in [0.15, 0.2) is 40.1 Å². The molecule has 0 aliphatic carbocycles. The Bertz CT molecular complexity index is 738. The highest BCUT2D eigenvalue weighted by Crippen LogP contribution is 2.18. The fourth-order valence-corrected chi connectivity index (χ4v) is 2.37. The number of carbonyl (C=O) groups is 1. The van der Waals surface area contributed by atoms with Gasteiger partial charge in [0.2, 0.25) is 0 Å². The third-order valence-corrected chi connectivity index (χ3v) is 3.33. The molecule has 0 bridgehead atoms. The number of aliphatic carboxylic acids is 1. The topological polar surface area (TPSA) is 92.2 Å². The highest BCUT2D eigenvalue weighted by atomic mass is 32.1. The average Bonchev–Trinajstić information content (AvgIpc) is 2.78. The van der Waals surface area contributed by atoms with E-state index in [2.05, 4.69) is 4.98 Å². The standard InChI is InChI=1S/C12H10N2O4S/c15-10-5-6-14(12(18)13-10)7-9-2-1-8(19-9)3-4-11(16)17/h1-6H,7H2,(H,16,17)(H,13,15,18). The molecule has 0 aliphatic rings. The molecule has 0 aliphatic heterocycles. The van der Waals surface area contributed by atoms with Gasteiger partial charge in [0, 0.05) is 28.1 Å². The highest BCUT2D eigenvalue weighted by Gasteiger charge is 2.02. The Labute approximate surface area is 111 Å². The second-order valence-electron chi connectivity index (χ2n) is 3.71. The van der Waals surface area contributed by atoms with E-state index >= 15 is 0 Å². The van der Waals surface area contributed by atoms with E-state index in [9.17, 15) is 14.4 Å². The zero-order valence-corrected chi connectivity index (χ0v) is 10.5. The molecule has 0 unspecified atom stereocenters. The van der Waals surface area contributed by atoms with Crippen LogP contribution in [0.4, 0.5) is 0 Å². The van der Waals surface area contributed by atoms with Crippen molar-refractivity contribution in [1.82, 2.24) is 9.55 Å². The van der Waals surface area contributed by atoms with Crippen molar-refractivity contribution in [2.24, 2.45) is 0 Å². The van der Waals surface area contributed by atoms with Crippen LogP contribution in [0.1, 0.15) is 9.75 Å². The normalized spacial score (nSPS) is 10.9. The molecule has 0 radical (unpaired) electrons. The molecule has 2 rings (SSSR count). The molecule has 0 atom stereocenters. The molecule has 98 valence electrons. The van der Waals surface area contributed by atoms with E-state index in [1.807, 2.05) is 6.07 Å². The summed E-state index contributed by atoms with van der Waals surface area (Å²) in [5.41, 5.74) is -0.902. The van der Waals surface area contributed by atoms with Crippen LogP contribution in [0.5, 0.6) is 0 Å². The first-order valence-electron chi connectivity index (χ1n) is 5.34. The quantitative estimate of drug-likeness (QED) is 0.807. The summed E-state index contributed by atoms with van der Waals surface area (Å²) < 4.78 is 1.37. The lowest BCUT2D eigenvalue weighted by molar-refractivity contribution is -0.131. The fraction of sp³-hybridized carbons (Fsp3) is 0.0833. The number of hydrogen-bond donors (Lipinski definition) is 2. The molecular weight excluding hydrogens is 268 g/mol. The Morgan fingerprint density at radius 3 is 2.84 bits per heavy atom. The van der Waals surface area contributed by atoms with Crippen molar-refractivity contribution in [3.8, 4) is 0 Å². The summed E-state index contributed by atoms with van der Waals surface area (Å²) in [7, 11) is 0. The fourth-order valence-electron chi connectivity index (χ4n) is 1.46. The number of nitrogens with zero attached hydrogens (tertiary/aromatic N) is 1. The zero-order chi connectivity index (χ0) is 13.8. The van der Waals surface area contributed by atoms with Gasteiger partial charge in [-0.2, -0.15) is 0 Å². The van der Waals surface area contributed by atoms with E-state index in [0.717, 1.165) is 15.8 Å². The zero-order valence-electron chi connectivity index (χ0n) is 9.70. The van der Waals surface area contributed by atoms with Gasteiger partial charge >= 0.3 is 11.7 Å². The van der Waals surface area contributed by atoms with Gasteiger partial charge in [0.05, 0.1) is 6.54 Å². The maximum absolute atomic E-state index is 11.5. The van der Waals surface area contributed by atoms with Crippen LogP contribution < -0.4 is 11.2 Å². The Kier molecular flexibility index (Phi) is 3.76. The number of rotatable bonds is 4. The summed E-state index contributed by atoms with van der Waals surface area (Å²) in [5.74, 6) is -1.01. The van der Waals surface area contributed by atoms with Gasteiger partial charge in [-0.05, 0) is 18.2 Å². The van der Waals surface area contributed by atoms with Gasteiger partial charge in [-0.1, -0.05) is 0 Å². The molecule has 2 N–H and O–H groups in total. The Hall–Kier alpha value is -2.41. The van der Waals surface area contributed by atoms with E-state index in [1.54, 1.807) is 6.07 Å². The highest BCUT2D eigenvalue weighted by molar-refractivity contribution is 7.12. The maximum Gasteiger partial charge on any atom is 0.328 e. The molecule has 7 heteroatoms. The van der Waals surface area contributed by atoms with Crippen LogP contribution in [0.2, 0.25) is 0 Å². The van der Waals surface area contributed by atoms with Crippen molar-refractivity contribution >= 4 is 23.4 Å². The minimum atomic E-state index is -1.01. The van der Waals surface area contributed by atoms with Crippen LogP contribution in [0, 0.1) is 0 Å². The van der Waals surface area contributed by atoms with E-state index in [4.69, 9.17) is 5.11 Å². The molecule has 0 spiro atoms. The van der Waals surface area contributed by atoms with Crippen LogP contribution in [0.25, 0.3) is 6.08 Å². The number of aromatic amines is 1. The van der Waals surface area contributed by atoms with E-state index in [1.165, 1.54) is 34.2 Å². The molecule has 2 aromatic rings. The summed E-state index contributed by atoms with van der Waals surface area (Å²) in [5, 5.41) is 8.52. The molecular formula is C12H10N2O4S. The lowest BCUT2D eigenvalue weighted by Crippen LogP contribution is -2.28. The molecule has 0 saturated carbocycles. The first kappa shape index (κ1) is 13.0. The first-order valence-corrected chi connectivity index (χ1v) is 6.16. The number of carboxylic acid groups (broad SMARTS) is 1. The van der Waals surface area contributed by atoms with Gasteiger partial charge in [-0.25, -0.2) is 9.59 Å². The predicted molar refractivity (Wildman–Crippen MR) is 71.4 cm³/mol. The van der Waals surface area contributed by atoms with Gasteiger partial charge in [0.15, 0.2) is 0 Å². The Balaban J connectivity index is 2.18. The third-order valence-electron chi connectivity index (χ3n) is 2.30. The first-order chi connectivity index (χ1) is 9.04. The van der Waals surface area contributed by atoms with Gasteiger partial charge in [0.1, 0.15) is 0 Å². The lowest BCUT2D eigenvalue weighted by Gasteiger charge is -2.00. The number of thiophene rings is 1. The van der Waals surface area contributed by atoms with E-state index in [0.29, 0.717) is 6.54 Å². The van der Waals surface area contributed by atoms with Crippen molar-refractivity contribution in [3.05, 3.63) is 61.1 Å².